The standard InChI is InChI=1S/C19H25FN4O2S.HI/c1-4-21-19(22-12-15-10-9-14(2)17(20)11-15)23-13-16-7-5-6-8-18(16)24-27(3,25)26;/h5-11,24H,4,12-13H2,1-3H3,(H2,21,22,23);1H. The number of anilines is 1. The third kappa shape index (κ3) is 8.01. The SMILES string of the molecule is CCNC(=NCc1ccc(C)c(F)c1)NCc1ccccc1NS(C)(=O)=O.I. The molecule has 0 heterocycles. The van der Waals surface area contributed by atoms with Crippen molar-refractivity contribution in [2.24, 2.45) is 4.99 Å². The highest BCUT2D eigenvalue weighted by Crippen LogP contribution is 2.16. The van der Waals surface area contributed by atoms with E-state index in [-0.39, 0.29) is 29.8 Å². The molecule has 0 fully saturated rings. The first kappa shape index (κ1) is 24.2. The molecule has 0 bridgehead atoms. The zero-order valence-corrected chi connectivity index (χ0v) is 19.3. The fourth-order valence-electron chi connectivity index (χ4n) is 2.40. The largest absolute Gasteiger partial charge is 0.357 e. The molecule has 154 valence electrons. The van der Waals surface area contributed by atoms with Crippen LogP contribution >= 0.6 is 24.0 Å². The van der Waals surface area contributed by atoms with Crippen LogP contribution in [-0.2, 0) is 23.1 Å². The van der Waals surface area contributed by atoms with Gasteiger partial charge in [-0.2, -0.15) is 0 Å². The van der Waals surface area contributed by atoms with Crippen LogP contribution in [0.4, 0.5) is 10.1 Å². The summed E-state index contributed by atoms with van der Waals surface area (Å²) in [6.45, 7) is 5.04. The van der Waals surface area contributed by atoms with E-state index < -0.39 is 10.0 Å². The Morgan fingerprint density at radius 2 is 1.86 bits per heavy atom. The molecule has 6 nitrogen and oxygen atoms in total. The van der Waals surface area contributed by atoms with Crippen molar-refractivity contribution in [2.75, 3.05) is 17.5 Å². The number of aryl methyl sites for hydroxylation is 1. The molecular formula is C19H26FIN4O2S. The average molecular weight is 520 g/mol. The second-order valence-electron chi connectivity index (χ2n) is 6.16. The molecule has 0 amide bonds. The second-order valence-corrected chi connectivity index (χ2v) is 7.91. The normalized spacial score (nSPS) is 11.5. The minimum Gasteiger partial charge on any atom is -0.357 e. The Morgan fingerprint density at radius 1 is 1.14 bits per heavy atom. The summed E-state index contributed by atoms with van der Waals surface area (Å²) in [7, 11) is -3.36. The van der Waals surface area contributed by atoms with Crippen LogP contribution in [0.1, 0.15) is 23.6 Å². The van der Waals surface area contributed by atoms with Crippen molar-refractivity contribution in [2.45, 2.75) is 26.9 Å². The maximum absolute atomic E-state index is 13.7. The van der Waals surface area contributed by atoms with E-state index in [0.717, 1.165) is 17.4 Å². The molecule has 0 radical (unpaired) electrons. The average Bonchev–Trinajstić information content (AvgIpc) is 2.60. The molecule has 2 aromatic rings. The highest BCUT2D eigenvalue weighted by molar-refractivity contribution is 14.0. The fraction of sp³-hybridized carbons (Fsp3) is 0.316. The molecule has 0 unspecified atom stereocenters. The molecule has 3 N–H and O–H groups in total. The Bertz CT molecular complexity index is 920. The highest BCUT2D eigenvalue weighted by Gasteiger charge is 2.08. The van der Waals surface area contributed by atoms with Crippen LogP contribution in [0.2, 0.25) is 0 Å². The minimum atomic E-state index is -3.36. The molecule has 0 aliphatic heterocycles. The molecule has 0 saturated carbocycles. The summed E-state index contributed by atoms with van der Waals surface area (Å²) in [5.74, 6) is 0.314. The zero-order chi connectivity index (χ0) is 19.9. The van der Waals surface area contributed by atoms with E-state index in [4.69, 9.17) is 0 Å². The molecule has 0 saturated heterocycles. The van der Waals surface area contributed by atoms with E-state index in [1.807, 2.05) is 25.1 Å². The van der Waals surface area contributed by atoms with Crippen LogP contribution in [0.15, 0.2) is 47.5 Å². The number of aliphatic imine (C=N–C) groups is 1. The Labute approximate surface area is 183 Å². The van der Waals surface area contributed by atoms with Crippen molar-refractivity contribution in [3.63, 3.8) is 0 Å². The van der Waals surface area contributed by atoms with Crippen LogP contribution in [0.5, 0.6) is 0 Å². The summed E-state index contributed by atoms with van der Waals surface area (Å²) in [5, 5.41) is 6.29. The first-order valence-corrected chi connectivity index (χ1v) is 10.5. The number of nitrogens with one attached hydrogen (secondary N) is 3. The van der Waals surface area contributed by atoms with Gasteiger partial charge in [0.05, 0.1) is 18.5 Å². The van der Waals surface area contributed by atoms with Gasteiger partial charge in [-0.1, -0.05) is 30.3 Å². The van der Waals surface area contributed by atoms with Gasteiger partial charge in [-0.05, 0) is 42.7 Å². The number of para-hydroxylation sites is 1. The monoisotopic (exact) mass is 520 g/mol. The van der Waals surface area contributed by atoms with Crippen LogP contribution in [0.25, 0.3) is 0 Å². The first-order chi connectivity index (χ1) is 12.8. The van der Waals surface area contributed by atoms with Crippen molar-refractivity contribution in [3.8, 4) is 0 Å². The lowest BCUT2D eigenvalue weighted by Gasteiger charge is -2.14. The van der Waals surface area contributed by atoms with Gasteiger partial charge >= 0.3 is 0 Å². The van der Waals surface area contributed by atoms with Crippen molar-refractivity contribution in [3.05, 3.63) is 65.0 Å². The Kier molecular flexibility index (Phi) is 9.66. The lowest BCUT2D eigenvalue weighted by molar-refractivity contribution is 0.606. The fourth-order valence-corrected chi connectivity index (χ4v) is 3.00. The maximum atomic E-state index is 13.7. The number of halogens is 2. The summed E-state index contributed by atoms with van der Waals surface area (Å²) in [4.78, 5) is 4.46. The van der Waals surface area contributed by atoms with Crippen LogP contribution in [0, 0.1) is 12.7 Å². The molecule has 0 atom stereocenters. The third-order valence-electron chi connectivity index (χ3n) is 3.76. The molecular weight excluding hydrogens is 494 g/mol. The summed E-state index contributed by atoms with van der Waals surface area (Å²) < 4.78 is 39.2. The quantitative estimate of drug-likeness (QED) is 0.297. The van der Waals surface area contributed by atoms with E-state index in [0.29, 0.717) is 36.8 Å². The number of hydrogen-bond donors (Lipinski definition) is 3. The van der Waals surface area contributed by atoms with Gasteiger partial charge in [0.1, 0.15) is 5.82 Å². The van der Waals surface area contributed by atoms with Crippen LogP contribution < -0.4 is 15.4 Å². The lowest BCUT2D eigenvalue weighted by atomic mass is 10.1. The summed E-state index contributed by atoms with van der Waals surface area (Å²) >= 11 is 0. The third-order valence-corrected chi connectivity index (χ3v) is 4.35. The van der Waals surface area contributed by atoms with Gasteiger partial charge in [0.15, 0.2) is 5.96 Å². The van der Waals surface area contributed by atoms with E-state index >= 15 is 0 Å². The van der Waals surface area contributed by atoms with Crippen molar-refractivity contribution < 1.29 is 12.8 Å². The molecule has 0 aliphatic carbocycles. The number of hydrogen-bond acceptors (Lipinski definition) is 3. The minimum absolute atomic E-state index is 0. The van der Waals surface area contributed by atoms with Gasteiger partial charge in [-0.15, -0.1) is 24.0 Å². The zero-order valence-electron chi connectivity index (χ0n) is 16.1. The summed E-state index contributed by atoms with van der Waals surface area (Å²) in [6, 6.07) is 12.2. The lowest BCUT2D eigenvalue weighted by Crippen LogP contribution is -2.37. The number of guanidine groups is 1. The van der Waals surface area contributed by atoms with E-state index in [1.165, 1.54) is 6.07 Å². The summed E-state index contributed by atoms with van der Waals surface area (Å²) in [5.41, 5.74) is 2.68. The maximum Gasteiger partial charge on any atom is 0.229 e. The second kappa shape index (κ2) is 11.2. The molecule has 9 heteroatoms. The molecule has 0 spiro atoms. The molecule has 2 rings (SSSR count). The van der Waals surface area contributed by atoms with E-state index in [2.05, 4.69) is 20.3 Å². The van der Waals surface area contributed by atoms with E-state index in [9.17, 15) is 12.8 Å². The highest BCUT2D eigenvalue weighted by atomic mass is 127. The van der Waals surface area contributed by atoms with Gasteiger partial charge in [-0.25, -0.2) is 17.8 Å². The van der Waals surface area contributed by atoms with Crippen LogP contribution in [-0.4, -0.2) is 27.2 Å². The smallest absolute Gasteiger partial charge is 0.229 e. The van der Waals surface area contributed by atoms with Gasteiger partial charge in [-0.3, -0.25) is 4.72 Å². The van der Waals surface area contributed by atoms with Gasteiger partial charge in [0.2, 0.25) is 10.0 Å². The number of benzene rings is 2. The first-order valence-electron chi connectivity index (χ1n) is 8.61. The van der Waals surface area contributed by atoms with Gasteiger partial charge in [0, 0.05) is 13.1 Å². The van der Waals surface area contributed by atoms with Crippen molar-refractivity contribution in [1.82, 2.24) is 10.6 Å². The number of nitrogens with zero attached hydrogens (tertiary/aromatic N) is 1. The van der Waals surface area contributed by atoms with E-state index in [1.54, 1.807) is 25.1 Å². The molecule has 2 aromatic carbocycles. The molecule has 0 aromatic heterocycles. The number of sulfonamides is 1. The Balaban J connectivity index is 0.00000392. The number of rotatable bonds is 7. The van der Waals surface area contributed by atoms with Gasteiger partial charge < -0.3 is 10.6 Å². The van der Waals surface area contributed by atoms with Crippen molar-refractivity contribution in [1.29, 1.82) is 0 Å². The Hall–Kier alpha value is -1.88. The molecule has 28 heavy (non-hydrogen) atoms. The predicted octanol–water partition coefficient (Wildman–Crippen LogP) is 3.38. The predicted molar refractivity (Wildman–Crippen MR) is 123 cm³/mol. The topological polar surface area (TPSA) is 82.6 Å². The van der Waals surface area contributed by atoms with Crippen LogP contribution in [0.3, 0.4) is 0 Å². The summed E-state index contributed by atoms with van der Waals surface area (Å²) in [6.07, 6.45) is 1.11. The van der Waals surface area contributed by atoms with Gasteiger partial charge in [0.25, 0.3) is 0 Å². The molecule has 0 aliphatic rings. The van der Waals surface area contributed by atoms with Crippen molar-refractivity contribution >= 4 is 45.6 Å². The Morgan fingerprint density at radius 3 is 2.50 bits per heavy atom.